The molecule has 12 heteroatoms. The summed E-state index contributed by atoms with van der Waals surface area (Å²) in [4.78, 5) is 18.3. The third-order valence-corrected chi connectivity index (χ3v) is 5.86. The van der Waals surface area contributed by atoms with Crippen LogP contribution in [0, 0.1) is 6.92 Å². The van der Waals surface area contributed by atoms with Crippen LogP contribution in [0.15, 0.2) is 16.1 Å². The van der Waals surface area contributed by atoms with Crippen molar-refractivity contribution < 1.29 is 23.1 Å². The maximum atomic E-state index is 12.4. The highest BCUT2D eigenvalue weighted by Crippen LogP contribution is 2.50. The van der Waals surface area contributed by atoms with E-state index < -0.39 is 31.5 Å². The Hall–Kier alpha value is -1.90. The number of nitrogens with zero attached hydrogens (tertiary/aromatic N) is 5. The molecular formula is C13H20N5O6P. The van der Waals surface area contributed by atoms with Crippen LogP contribution >= 0.6 is 7.60 Å². The van der Waals surface area contributed by atoms with Crippen molar-refractivity contribution in [2.45, 2.75) is 31.7 Å². The Morgan fingerprint density at radius 2 is 2.16 bits per heavy atom. The lowest BCUT2D eigenvalue weighted by molar-refractivity contribution is 0.00265. The van der Waals surface area contributed by atoms with Crippen LogP contribution < -0.4 is 10.3 Å². The van der Waals surface area contributed by atoms with E-state index in [9.17, 15) is 9.36 Å². The molecule has 0 amide bonds. The predicted molar refractivity (Wildman–Crippen MR) is 87.7 cm³/mol. The maximum absolute atomic E-state index is 12.4. The summed E-state index contributed by atoms with van der Waals surface area (Å²) in [7, 11) is 0.574. The Balaban J connectivity index is 2.34. The largest absolute Gasteiger partial charge is 0.468 e. The van der Waals surface area contributed by atoms with Gasteiger partial charge < -0.3 is 18.5 Å². The van der Waals surface area contributed by atoms with Crippen molar-refractivity contribution in [2.75, 3.05) is 27.5 Å². The van der Waals surface area contributed by atoms with Crippen LogP contribution in [0.4, 0.5) is 0 Å². The van der Waals surface area contributed by atoms with Gasteiger partial charge in [-0.1, -0.05) is 5.11 Å². The molecule has 1 aromatic heterocycles. The summed E-state index contributed by atoms with van der Waals surface area (Å²) in [5, 5.41) is 3.72. The molecule has 25 heavy (non-hydrogen) atoms. The minimum atomic E-state index is -3.36. The molecule has 0 unspecified atom stereocenters. The van der Waals surface area contributed by atoms with Crippen molar-refractivity contribution in [3.05, 3.63) is 32.6 Å². The molecule has 1 saturated heterocycles. The Bertz CT molecular complexity index is 769. The van der Waals surface area contributed by atoms with Gasteiger partial charge in [0.2, 0.25) is 0 Å². The highest BCUT2D eigenvalue weighted by atomic mass is 31.2. The highest BCUT2D eigenvalue weighted by molar-refractivity contribution is 7.53. The summed E-state index contributed by atoms with van der Waals surface area (Å²) >= 11 is 0. The molecule has 0 spiro atoms. The van der Waals surface area contributed by atoms with Crippen molar-refractivity contribution in [2.24, 2.45) is 5.11 Å². The average molecular weight is 373 g/mol. The van der Waals surface area contributed by atoms with E-state index >= 15 is 0 Å². The van der Waals surface area contributed by atoms with Crippen LogP contribution in [-0.4, -0.2) is 49.2 Å². The number of hydrogen-bond donors (Lipinski definition) is 0. The van der Waals surface area contributed by atoms with E-state index in [1.807, 2.05) is 0 Å². The fraction of sp³-hybridized carbons (Fsp3) is 0.692. The van der Waals surface area contributed by atoms with Gasteiger partial charge in [-0.3, -0.25) is 13.9 Å². The molecule has 2 heterocycles. The molecule has 1 aliphatic rings. The zero-order valence-corrected chi connectivity index (χ0v) is 15.3. The first-order valence-electron chi connectivity index (χ1n) is 7.41. The first kappa shape index (κ1) is 19.4. The van der Waals surface area contributed by atoms with Gasteiger partial charge in [-0.25, -0.2) is 0 Å². The van der Waals surface area contributed by atoms with Crippen molar-refractivity contribution >= 4 is 7.60 Å². The number of aryl methyl sites for hydroxylation is 1. The lowest BCUT2D eigenvalue weighted by Gasteiger charge is -2.21. The molecular weight excluding hydrogens is 353 g/mol. The SMILES string of the molecule is COc1nc(=O)c(C)cn1[C@H]1C[C@H](N=[N+]=[N-])[C@@H](CP(=O)(OC)OC)O1. The monoisotopic (exact) mass is 373 g/mol. The second-order valence-corrected chi connectivity index (χ2v) is 7.74. The molecule has 1 aromatic rings. The summed E-state index contributed by atoms with van der Waals surface area (Å²) < 4.78 is 34.8. The summed E-state index contributed by atoms with van der Waals surface area (Å²) in [5.41, 5.74) is 8.79. The number of azide groups is 1. The number of ether oxygens (including phenoxy) is 2. The molecule has 1 aliphatic heterocycles. The van der Waals surface area contributed by atoms with Gasteiger partial charge in [-0.15, -0.1) is 0 Å². The van der Waals surface area contributed by atoms with Gasteiger partial charge in [-0.2, -0.15) is 4.98 Å². The van der Waals surface area contributed by atoms with Crippen molar-refractivity contribution in [3.8, 4) is 6.01 Å². The summed E-state index contributed by atoms with van der Waals surface area (Å²) in [6.07, 6.45) is 0.485. The van der Waals surface area contributed by atoms with Crippen LogP contribution in [0.1, 0.15) is 18.2 Å². The topological polar surface area (TPSA) is 138 Å². The molecule has 0 bridgehead atoms. The first-order chi connectivity index (χ1) is 11.9. The molecule has 0 aromatic carbocycles. The summed E-state index contributed by atoms with van der Waals surface area (Å²) in [5.74, 6) is 0. The Morgan fingerprint density at radius 3 is 2.72 bits per heavy atom. The third kappa shape index (κ3) is 4.20. The molecule has 1 fully saturated rings. The quantitative estimate of drug-likeness (QED) is 0.308. The van der Waals surface area contributed by atoms with Crippen LogP contribution in [0.3, 0.4) is 0 Å². The molecule has 0 radical (unpaired) electrons. The van der Waals surface area contributed by atoms with Gasteiger partial charge in [0.1, 0.15) is 6.23 Å². The highest BCUT2D eigenvalue weighted by Gasteiger charge is 2.41. The molecule has 0 N–H and O–H groups in total. The van der Waals surface area contributed by atoms with Crippen LogP contribution in [0.2, 0.25) is 0 Å². The fourth-order valence-corrected chi connectivity index (χ4v) is 3.81. The fourth-order valence-electron chi connectivity index (χ4n) is 2.59. The lowest BCUT2D eigenvalue weighted by Crippen LogP contribution is -2.24. The molecule has 0 aliphatic carbocycles. The number of rotatable bonds is 7. The smallest absolute Gasteiger partial charge is 0.332 e. The van der Waals surface area contributed by atoms with Crippen molar-refractivity contribution in [1.29, 1.82) is 0 Å². The Kier molecular flexibility index (Phi) is 6.21. The van der Waals surface area contributed by atoms with E-state index in [1.54, 1.807) is 17.7 Å². The predicted octanol–water partition coefficient (Wildman–Crippen LogP) is 2.01. The van der Waals surface area contributed by atoms with Crippen molar-refractivity contribution in [3.63, 3.8) is 0 Å². The summed E-state index contributed by atoms with van der Waals surface area (Å²) in [6.45, 7) is 1.62. The third-order valence-electron chi connectivity index (χ3n) is 3.94. The van der Waals surface area contributed by atoms with Crippen molar-refractivity contribution in [1.82, 2.24) is 9.55 Å². The molecule has 138 valence electrons. The van der Waals surface area contributed by atoms with E-state index in [4.69, 9.17) is 24.1 Å². The van der Waals surface area contributed by atoms with Crippen LogP contribution in [0.25, 0.3) is 10.4 Å². The van der Waals surface area contributed by atoms with E-state index in [0.29, 0.717) is 12.0 Å². The average Bonchev–Trinajstić information content (AvgIpc) is 2.99. The Morgan fingerprint density at radius 1 is 1.48 bits per heavy atom. The number of hydrogen-bond acceptors (Lipinski definition) is 8. The maximum Gasteiger partial charge on any atom is 0.332 e. The van der Waals surface area contributed by atoms with Gasteiger partial charge >= 0.3 is 13.6 Å². The van der Waals surface area contributed by atoms with E-state index in [2.05, 4.69) is 15.0 Å². The summed E-state index contributed by atoms with van der Waals surface area (Å²) in [6, 6.07) is -0.513. The van der Waals surface area contributed by atoms with Gasteiger partial charge in [0.05, 0.1) is 25.4 Å². The minimum Gasteiger partial charge on any atom is -0.468 e. The first-order valence-corrected chi connectivity index (χ1v) is 9.14. The zero-order chi connectivity index (χ0) is 18.6. The van der Waals surface area contributed by atoms with E-state index in [-0.39, 0.29) is 12.2 Å². The zero-order valence-electron chi connectivity index (χ0n) is 14.4. The number of methoxy groups -OCH3 is 1. The second kappa shape index (κ2) is 7.99. The van der Waals surface area contributed by atoms with Crippen LogP contribution in [0.5, 0.6) is 6.01 Å². The molecule has 3 atom stereocenters. The van der Waals surface area contributed by atoms with Gasteiger partial charge in [0, 0.05) is 37.3 Å². The number of aromatic nitrogens is 2. The van der Waals surface area contributed by atoms with Gasteiger partial charge in [0.25, 0.3) is 5.56 Å². The normalized spacial score (nSPS) is 23.3. The molecule has 0 saturated carbocycles. The molecule has 11 nitrogen and oxygen atoms in total. The van der Waals surface area contributed by atoms with Gasteiger partial charge in [-0.05, 0) is 12.5 Å². The van der Waals surface area contributed by atoms with E-state index in [1.165, 1.54) is 21.3 Å². The van der Waals surface area contributed by atoms with Gasteiger partial charge in [0.15, 0.2) is 0 Å². The van der Waals surface area contributed by atoms with Crippen LogP contribution in [-0.2, 0) is 18.3 Å². The lowest BCUT2D eigenvalue weighted by atomic mass is 10.1. The molecule has 2 rings (SSSR count). The Labute approximate surface area is 144 Å². The standard InChI is InChI=1S/C13H20N5O6P/c1-8-6-18(13(21-2)15-12(8)19)11-5-9(16-17-14)10(24-11)7-25(20,22-3)23-4/h6,9-11H,5,7H2,1-4H3/t9-,10+,11+/m0/s1. The minimum absolute atomic E-state index is 0.0719. The van der Waals surface area contributed by atoms with E-state index in [0.717, 1.165) is 0 Å². The second-order valence-electron chi connectivity index (χ2n) is 5.42.